The van der Waals surface area contributed by atoms with Gasteiger partial charge in [-0.15, -0.1) is 0 Å². The number of anilines is 1. The number of amides is 1. The molecule has 0 fully saturated rings. The van der Waals surface area contributed by atoms with Crippen LogP contribution < -0.4 is 16.4 Å². The molecule has 0 aliphatic heterocycles. The number of hydrazine groups is 1. The van der Waals surface area contributed by atoms with E-state index >= 15 is 0 Å². The predicted molar refractivity (Wildman–Crippen MR) is 105 cm³/mol. The van der Waals surface area contributed by atoms with Crippen LogP contribution in [0.4, 0.5) is 5.95 Å². The van der Waals surface area contributed by atoms with Gasteiger partial charge in [0.1, 0.15) is 0 Å². The van der Waals surface area contributed by atoms with E-state index in [1.54, 1.807) is 30.3 Å². The highest BCUT2D eigenvalue weighted by atomic mass is 16.5. The molecule has 2 heterocycles. The number of rotatable bonds is 5. The molecule has 28 heavy (non-hydrogen) atoms. The zero-order valence-electron chi connectivity index (χ0n) is 15.0. The molecule has 0 aliphatic rings. The average molecular weight is 375 g/mol. The molecule has 0 saturated carbocycles. The summed E-state index contributed by atoms with van der Waals surface area (Å²) in [6, 6.07) is 18.0. The lowest BCUT2D eigenvalue weighted by molar-refractivity contribution is 0.0953. The van der Waals surface area contributed by atoms with Gasteiger partial charge in [-0.3, -0.25) is 25.0 Å². The maximum absolute atomic E-state index is 12.6. The lowest BCUT2D eigenvalue weighted by atomic mass is 10.1. The smallest absolute Gasteiger partial charge is 0.291 e. The average Bonchev–Trinajstić information content (AvgIpc) is 3.23. The summed E-state index contributed by atoms with van der Waals surface area (Å²) in [5, 5.41) is 4.32. The van der Waals surface area contributed by atoms with Crippen molar-refractivity contribution in [2.24, 2.45) is 0 Å². The van der Waals surface area contributed by atoms with Gasteiger partial charge in [-0.05, 0) is 19.1 Å². The van der Waals surface area contributed by atoms with Crippen molar-refractivity contribution < 1.29 is 9.32 Å². The van der Waals surface area contributed by atoms with E-state index < -0.39 is 5.91 Å². The highest BCUT2D eigenvalue weighted by molar-refractivity contribution is 5.93. The van der Waals surface area contributed by atoms with Crippen LogP contribution in [0.1, 0.15) is 17.4 Å². The topological polar surface area (TPSA) is 102 Å². The fraction of sp³-hybridized carbons (Fsp3) is 0.100. The third-order valence-electron chi connectivity index (χ3n) is 4.27. The summed E-state index contributed by atoms with van der Waals surface area (Å²) < 4.78 is 6.68. The lowest BCUT2D eigenvalue weighted by Gasteiger charge is -2.13. The minimum atomic E-state index is -0.504. The lowest BCUT2D eigenvalue weighted by Crippen LogP contribution is -2.34. The van der Waals surface area contributed by atoms with E-state index in [0.717, 1.165) is 5.56 Å². The van der Waals surface area contributed by atoms with Gasteiger partial charge in [-0.1, -0.05) is 47.6 Å². The van der Waals surface area contributed by atoms with Crippen LogP contribution >= 0.6 is 0 Å². The van der Waals surface area contributed by atoms with Gasteiger partial charge in [0.15, 0.2) is 11.5 Å². The number of hydrogen-bond acceptors (Lipinski definition) is 6. The maximum Gasteiger partial charge on any atom is 0.291 e. The minimum absolute atomic E-state index is 0.109. The number of aromatic nitrogens is 3. The standard InChI is InChI=1S/C20H17N5O3/c1-2-25-19(27)14-10-6-7-11-15(14)21-20(25)23-22-18(26)16-12-17(28-24-16)13-8-4-3-5-9-13/h3-12H,2H2,1H3,(H,21,23)(H,22,26). The molecule has 0 atom stereocenters. The first-order valence-electron chi connectivity index (χ1n) is 8.75. The second-order valence-corrected chi connectivity index (χ2v) is 6.02. The minimum Gasteiger partial charge on any atom is -0.355 e. The molecule has 140 valence electrons. The third kappa shape index (κ3) is 3.23. The molecule has 8 heteroatoms. The summed E-state index contributed by atoms with van der Waals surface area (Å²) >= 11 is 0. The van der Waals surface area contributed by atoms with E-state index in [2.05, 4.69) is 21.0 Å². The quantitative estimate of drug-likeness (QED) is 0.520. The molecule has 2 aromatic carbocycles. The van der Waals surface area contributed by atoms with Gasteiger partial charge in [-0.2, -0.15) is 0 Å². The molecule has 4 aromatic rings. The van der Waals surface area contributed by atoms with Crippen molar-refractivity contribution in [3.05, 3.63) is 76.7 Å². The van der Waals surface area contributed by atoms with E-state index in [9.17, 15) is 9.59 Å². The van der Waals surface area contributed by atoms with Crippen LogP contribution in [0.15, 0.2) is 70.0 Å². The molecule has 0 bridgehead atoms. The van der Waals surface area contributed by atoms with Crippen molar-refractivity contribution in [1.82, 2.24) is 20.1 Å². The SMILES string of the molecule is CCn1c(NNC(=O)c2cc(-c3ccccc3)on2)nc2ccccc2c1=O. The largest absolute Gasteiger partial charge is 0.355 e. The number of carbonyl (C=O) groups excluding carboxylic acids is 1. The summed E-state index contributed by atoms with van der Waals surface area (Å²) in [6.45, 7) is 2.23. The van der Waals surface area contributed by atoms with Crippen LogP contribution in [-0.4, -0.2) is 20.6 Å². The van der Waals surface area contributed by atoms with E-state index in [0.29, 0.717) is 23.2 Å². The van der Waals surface area contributed by atoms with Gasteiger partial charge in [0.25, 0.3) is 11.5 Å². The van der Waals surface area contributed by atoms with Crippen LogP contribution in [0.5, 0.6) is 0 Å². The maximum atomic E-state index is 12.6. The van der Waals surface area contributed by atoms with Gasteiger partial charge < -0.3 is 4.52 Å². The Morgan fingerprint density at radius 1 is 1.11 bits per heavy atom. The van der Waals surface area contributed by atoms with Gasteiger partial charge in [0.05, 0.1) is 10.9 Å². The molecule has 0 spiro atoms. The van der Waals surface area contributed by atoms with Crippen LogP contribution in [-0.2, 0) is 6.54 Å². The van der Waals surface area contributed by atoms with E-state index in [1.807, 2.05) is 37.3 Å². The van der Waals surface area contributed by atoms with Crippen molar-refractivity contribution in [3.8, 4) is 11.3 Å². The van der Waals surface area contributed by atoms with Crippen LogP contribution in [0.25, 0.3) is 22.2 Å². The highest BCUT2D eigenvalue weighted by Gasteiger charge is 2.15. The Morgan fingerprint density at radius 3 is 2.64 bits per heavy atom. The molecule has 0 unspecified atom stereocenters. The first-order valence-corrected chi connectivity index (χ1v) is 8.75. The molecule has 0 radical (unpaired) electrons. The Morgan fingerprint density at radius 2 is 1.86 bits per heavy atom. The number of benzene rings is 2. The Labute approximate surface area is 159 Å². The van der Waals surface area contributed by atoms with E-state index in [1.165, 1.54) is 4.57 Å². The molecular weight excluding hydrogens is 358 g/mol. The van der Waals surface area contributed by atoms with Crippen LogP contribution in [0.2, 0.25) is 0 Å². The van der Waals surface area contributed by atoms with Gasteiger partial charge in [-0.25, -0.2) is 4.98 Å². The van der Waals surface area contributed by atoms with Crippen molar-refractivity contribution in [1.29, 1.82) is 0 Å². The second-order valence-electron chi connectivity index (χ2n) is 6.02. The van der Waals surface area contributed by atoms with Gasteiger partial charge in [0, 0.05) is 18.2 Å². The zero-order chi connectivity index (χ0) is 19.5. The van der Waals surface area contributed by atoms with Crippen LogP contribution in [0, 0.1) is 0 Å². The zero-order valence-corrected chi connectivity index (χ0v) is 15.0. The molecule has 0 aliphatic carbocycles. The number of para-hydroxylation sites is 1. The summed E-state index contributed by atoms with van der Waals surface area (Å²) in [5.74, 6) is 0.224. The fourth-order valence-electron chi connectivity index (χ4n) is 2.85. The van der Waals surface area contributed by atoms with E-state index in [-0.39, 0.29) is 17.2 Å². The molecular formula is C20H17N5O3. The second kappa shape index (κ2) is 7.36. The molecule has 1 amide bonds. The summed E-state index contributed by atoms with van der Waals surface area (Å²) in [5.41, 5.74) is 6.52. The van der Waals surface area contributed by atoms with E-state index in [4.69, 9.17) is 4.52 Å². The Kier molecular flexibility index (Phi) is 4.59. The number of nitrogens with zero attached hydrogens (tertiary/aromatic N) is 3. The molecule has 2 N–H and O–H groups in total. The van der Waals surface area contributed by atoms with Crippen molar-refractivity contribution in [2.45, 2.75) is 13.5 Å². The number of hydrogen-bond donors (Lipinski definition) is 2. The number of carbonyl (C=O) groups is 1. The first-order chi connectivity index (χ1) is 13.7. The Balaban J connectivity index is 1.56. The summed E-state index contributed by atoms with van der Waals surface area (Å²) in [7, 11) is 0. The third-order valence-corrected chi connectivity index (χ3v) is 4.27. The van der Waals surface area contributed by atoms with Gasteiger partial charge in [0.2, 0.25) is 5.95 Å². The van der Waals surface area contributed by atoms with Crippen molar-refractivity contribution in [3.63, 3.8) is 0 Å². The molecule has 8 nitrogen and oxygen atoms in total. The molecule has 4 rings (SSSR count). The van der Waals surface area contributed by atoms with Crippen LogP contribution in [0.3, 0.4) is 0 Å². The van der Waals surface area contributed by atoms with Crippen molar-refractivity contribution in [2.75, 3.05) is 5.43 Å². The fourth-order valence-corrected chi connectivity index (χ4v) is 2.85. The number of fused-ring (bicyclic) bond motifs is 1. The normalized spacial score (nSPS) is 10.8. The first kappa shape index (κ1) is 17.5. The summed E-state index contributed by atoms with van der Waals surface area (Å²) in [6.07, 6.45) is 0. The monoisotopic (exact) mass is 375 g/mol. The van der Waals surface area contributed by atoms with Gasteiger partial charge >= 0.3 is 0 Å². The highest BCUT2D eigenvalue weighted by Crippen LogP contribution is 2.19. The Bertz CT molecular complexity index is 1200. The summed E-state index contributed by atoms with van der Waals surface area (Å²) in [4.78, 5) is 29.4. The molecule has 0 saturated heterocycles. The van der Waals surface area contributed by atoms with Crippen molar-refractivity contribution >= 4 is 22.8 Å². The predicted octanol–water partition coefficient (Wildman–Crippen LogP) is 2.83. The molecule has 2 aromatic heterocycles. The number of nitrogens with one attached hydrogen (secondary N) is 2. The Hall–Kier alpha value is -3.94.